The van der Waals surface area contributed by atoms with Crippen molar-refractivity contribution in [3.63, 3.8) is 0 Å². The normalized spacial score (nSPS) is 10.2. The molecule has 104 valence electrons. The molecular formula is C15H17N3O2. The highest BCUT2D eigenvalue weighted by Crippen LogP contribution is 2.14. The maximum absolute atomic E-state index is 12.4. The number of H-pyrrole nitrogens is 1. The van der Waals surface area contributed by atoms with E-state index in [0.29, 0.717) is 24.3 Å². The van der Waals surface area contributed by atoms with Crippen LogP contribution in [0.2, 0.25) is 0 Å². The Bertz CT molecular complexity index is 644. The van der Waals surface area contributed by atoms with Gasteiger partial charge in [0.2, 0.25) is 5.56 Å². The van der Waals surface area contributed by atoms with Crippen molar-refractivity contribution in [3.8, 4) is 0 Å². The summed E-state index contributed by atoms with van der Waals surface area (Å²) in [5.74, 6) is -0.132. The average molecular weight is 271 g/mol. The van der Waals surface area contributed by atoms with E-state index in [1.807, 2.05) is 31.2 Å². The van der Waals surface area contributed by atoms with E-state index in [1.54, 1.807) is 4.90 Å². The molecular weight excluding hydrogens is 254 g/mol. The predicted octanol–water partition coefficient (Wildman–Crippen LogP) is 1.62. The quantitative estimate of drug-likeness (QED) is 0.829. The minimum Gasteiger partial charge on any atom is -0.398 e. The number of rotatable bonds is 4. The molecule has 0 fully saturated rings. The Morgan fingerprint density at radius 1 is 1.25 bits per heavy atom. The number of aromatic nitrogens is 1. The average Bonchev–Trinajstić information content (AvgIpc) is 2.46. The van der Waals surface area contributed by atoms with Crippen molar-refractivity contribution in [2.75, 3.05) is 12.3 Å². The molecule has 0 aliphatic rings. The lowest BCUT2D eigenvalue weighted by Gasteiger charge is -2.21. The zero-order valence-electron chi connectivity index (χ0n) is 11.3. The number of hydrogen-bond donors (Lipinski definition) is 2. The van der Waals surface area contributed by atoms with Gasteiger partial charge in [0.15, 0.2) is 0 Å². The maximum Gasteiger partial charge on any atom is 0.255 e. The number of carbonyl (C=O) groups is 1. The first-order valence-corrected chi connectivity index (χ1v) is 6.43. The fourth-order valence-corrected chi connectivity index (χ4v) is 1.94. The number of hydrogen-bond acceptors (Lipinski definition) is 3. The molecule has 0 aliphatic carbocycles. The van der Waals surface area contributed by atoms with Gasteiger partial charge in [0.25, 0.3) is 5.91 Å². The summed E-state index contributed by atoms with van der Waals surface area (Å²) in [4.78, 5) is 27.6. The monoisotopic (exact) mass is 271 g/mol. The van der Waals surface area contributed by atoms with Gasteiger partial charge in [0.1, 0.15) is 0 Å². The van der Waals surface area contributed by atoms with Gasteiger partial charge in [-0.2, -0.15) is 0 Å². The van der Waals surface area contributed by atoms with Crippen molar-refractivity contribution < 1.29 is 4.79 Å². The van der Waals surface area contributed by atoms with Gasteiger partial charge in [-0.3, -0.25) is 9.59 Å². The standard InChI is InChI=1S/C15H17N3O2/c1-2-18(10-12-5-3-4-6-13(12)16)15(20)11-7-8-14(19)17-9-11/h3-9H,2,10,16H2,1H3,(H,17,19). The van der Waals surface area contributed by atoms with Crippen LogP contribution < -0.4 is 11.3 Å². The van der Waals surface area contributed by atoms with Crippen molar-refractivity contribution in [2.24, 2.45) is 0 Å². The highest BCUT2D eigenvalue weighted by Gasteiger charge is 2.15. The molecule has 0 bridgehead atoms. The SMILES string of the molecule is CCN(Cc1ccccc1N)C(=O)c1ccc(=O)[nH]c1. The largest absolute Gasteiger partial charge is 0.398 e. The van der Waals surface area contributed by atoms with Crippen LogP contribution in [-0.2, 0) is 6.54 Å². The van der Waals surface area contributed by atoms with Crippen molar-refractivity contribution >= 4 is 11.6 Å². The molecule has 0 radical (unpaired) electrons. The third kappa shape index (κ3) is 3.06. The van der Waals surface area contributed by atoms with E-state index in [9.17, 15) is 9.59 Å². The van der Waals surface area contributed by atoms with Crippen LogP contribution in [-0.4, -0.2) is 22.3 Å². The first-order valence-electron chi connectivity index (χ1n) is 6.43. The zero-order chi connectivity index (χ0) is 14.5. The summed E-state index contributed by atoms with van der Waals surface area (Å²) in [6.07, 6.45) is 1.43. The maximum atomic E-state index is 12.4. The Morgan fingerprint density at radius 2 is 2.00 bits per heavy atom. The van der Waals surface area contributed by atoms with Gasteiger partial charge in [-0.05, 0) is 24.6 Å². The summed E-state index contributed by atoms with van der Waals surface area (Å²) >= 11 is 0. The van der Waals surface area contributed by atoms with E-state index in [-0.39, 0.29) is 11.5 Å². The Hall–Kier alpha value is -2.56. The highest BCUT2D eigenvalue weighted by atomic mass is 16.2. The molecule has 1 aromatic heterocycles. The van der Waals surface area contributed by atoms with Crippen LogP contribution in [0.4, 0.5) is 5.69 Å². The molecule has 20 heavy (non-hydrogen) atoms. The van der Waals surface area contributed by atoms with Crippen LogP contribution >= 0.6 is 0 Å². The second-order valence-corrected chi connectivity index (χ2v) is 4.46. The molecule has 2 aromatic rings. The minimum atomic E-state index is -0.225. The Labute approximate surface area is 117 Å². The molecule has 0 unspecified atom stereocenters. The number of benzene rings is 1. The first-order chi connectivity index (χ1) is 9.61. The van der Waals surface area contributed by atoms with E-state index in [1.165, 1.54) is 18.3 Å². The van der Waals surface area contributed by atoms with Gasteiger partial charge < -0.3 is 15.6 Å². The van der Waals surface area contributed by atoms with Gasteiger partial charge in [-0.25, -0.2) is 0 Å². The zero-order valence-corrected chi connectivity index (χ0v) is 11.3. The van der Waals surface area contributed by atoms with E-state index in [2.05, 4.69) is 4.98 Å². The van der Waals surface area contributed by atoms with Crippen molar-refractivity contribution in [2.45, 2.75) is 13.5 Å². The molecule has 1 amide bonds. The number of nitrogens with zero attached hydrogens (tertiary/aromatic N) is 1. The number of nitrogen functional groups attached to an aromatic ring is 1. The molecule has 2 rings (SSSR count). The number of pyridine rings is 1. The lowest BCUT2D eigenvalue weighted by atomic mass is 10.1. The van der Waals surface area contributed by atoms with Crippen LogP contribution in [0, 0.1) is 0 Å². The highest BCUT2D eigenvalue weighted by molar-refractivity contribution is 5.93. The molecule has 1 heterocycles. The van der Waals surface area contributed by atoms with Crippen molar-refractivity contribution in [1.29, 1.82) is 0 Å². The summed E-state index contributed by atoms with van der Waals surface area (Å²) in [6, 6.07) is 10.3. The van der Waals surface area contributed by atoms with Crippen molar-refractivity contribution in [3.05, 3.63) is 64.1 Å². The summed E-state index contributed by atoms with van der Waals surface area (Å²) in [5.41, 5.74) is 7.71. The molecule has 0 aliphatic heterocycles. The van der Waals surface area contributed by atoms with Crippen LogP contribution in [0.15, 0.2) is 47.4 Å². The molecule has 0 spiro atoms. The molecule has 0 saturated heterocycles. The number of aromatic amines is 1. The van der Waals surface area contributed by atoms with Gasteiger partial charge in [0.05, 0.1) is 5.56 Å². The second kappa shape index (κ2) is 6.06. The Kier molecular flexibility index (Phi) is 4.20. The van der Waals surface area contributed by atoms with Gasteiger partial charge >= 0.3 is 0 Å². The fraction of sp³-hybridized carbons (Fsp3) is 0.200. The number of amides is 1. The van der Waals surface area contributed by atoms with Crippen LogP contribution in [0.25, 0.3) is 0 Å². The third-order valence-corrected chi connectivity index (χ3v) is 3.12. The number of anilines is 1. The molecule has 5 nitrogen and oxygen atoms in total. The number of carbonyl (C=O) groups excluding carboxylic acids is 1. The molecule has 1 aromatic carbocycles. The lowest BCUT2D eigenvalue weighted by molar-refractivity contribution is 0.0752. The number of nitrogens with two attached hydrogens (primary N) is 1. The molecule has 0 saturated carbocycles. The van der Waals surface area contributed by atoms with Gasteiger partial charge in [0, 0.05) is 31.0 Å². The van der Waals surface area contributed by atoms with E-state index >= 15 is 0 Å². The number of nitrogens with one attached hydrogen (secondary N) is 1. The summed E-state index contributed by atoms with van der Waals surface area (Å²) in [5, 5.41) is 0. The summed E-state index contributed by atoms with van der Waals surface area (Å²) in [6.45, 7) is 2.91. The van der Waals surface area contributed by atoms with E-state index < -0.39 is 0 Å². The third-order valence-electron chi connectivity index (χ3n) is 3.12. The number of para-hydroxylation sites is 1. The summed E-state index contributed by atoms with van der Waals surface area (Å²) in [7, 11) is 0. The van der Waals surface area contributed by atoms with Crippen LogP contribution in [0.3, 0.4) is 0 Å². The van der Waals surface area contributed by atoms with Crippen LogP contribution in [0.5, 0.6) is 0 Å². The summed E-state index contributed by atoms with van der Waals surface area (Å²) < 4.78 is 0. The smallest absolute Gasteiger partial charge is 0.255 e. The lowest BCUT2D eigenvalue weighted by Crippen LogP contribution is -2.31. The van der Waals surface area contributed by atoms with Crippen molar-refractivity contribution in [1.82, 2.24) is 9.88 Å². The minimum absolute atomic E-state index is 0.132. The fourth-order valence-electron chi connectivity index (χ4n) is 1.94. The Balaban J connectivity index is 2.20. The van der Waals surface area contributed by atoms with E-state index in [0.717, 1.165) is 5.56 Å². The van der Waals surface area contributed by atoms with E-state index in [4.69, 9.17) is 5.73 Å². The Morgan fingerprint density at radius 3 is 2.60 bits per heavy atom. The molecule has 5 heteroatoms. The topological polar surface area (TPSA) is 79.2 Å². The predicted molar refractivity (Wildman–Crippen MR) is 78.3 cm³/mol. The first kappa shape index (κ1) is 13.9. The molecule has 3 N–H and O–H groups in total. The second-order valence-electron chi connectivity index (χ2n) is 4.46. The van der Waals surface area contributed by atoms with Crippen LogP contribution in [0.1, 0.15) is 22.8 Å². The van der Waals surface area contributed by atoms with Gasteiger partial charge in [-0.1, -0.05) is 18.2 Å². The molecule has 0 atom stereocenters. The van der Waals surface area contributed by atoms with Gasteiger partial charge in [-0.15, -0.1) is 0 Å².